The van der Waals surface area contributed by atoms with E-state index < -0.39 is 6.10 Å². The number of aliphatic hydroxyl groups is 1. The van der Waals surface area contributed by atoms with Gasteiger partial charge in [-0.1, -0.05) is 26.2 Å². The Kier molecular flexibility index (Phi) is 9.30. The van der Waals surface area contributed by atoms with Gasteiger partial charge in [-0.3, -0.25) is 4.99 Å². The lowest BCUT2D eigenvalue weighted by molar-refractivity contribution is 0.0707. The normalized spacial score (nSPS) is 13.8. The van der Waals surface area contributed by atoms with Crippen molar-refractivity contribution in [1.29, 1.82) is 0 Å². The van der Waals surface area contributed by atoms with Crippen molar-refractivity contribution in [3.8, 4) is 0 Å². The minimum absolute atomic E-state index is 0.110. The Morgan fingerprint density at radius 2 is 2.23 bits per heavy atom. The molecule has 0 saturated heterocycles. The smallest absolute Gasteiger partial charge is 0.114 e. The largest absolute Gasteiger partial charge is 0.385 e. The zero-order valence-corrected chi connectivity index (χ0v) is 8.28. The third kappa shape index (κ3) is 9.46. The van der Waals surface area contributed by atoms with E-state index in [1.165, 1.54) is 25.5 Å². The summed E-state index contributed by atoms with van der Waals surface area (Å²) < 4.78 is 0. The van der Waals surface area contributed by atoms with E-state index in [9.17, 15) is 0 Å². The van der Waals surface area contributed by atoms with Crippen LogP contribution in [0.15, 0.2) is 4.99 Å². The topological polar surface area (TPSA) is 67.8 Å². The molecule has 0 aliphatic rings. The molecule has 0 amide bonds. The minimum atomic E-state index is -0.670. The van der Waals surface area contributed by atoms with E-state index in [-0.39, 0.29) is 6.61 Å². The Hall–Kier alpha value is -0.450. The quantitative estimate of drug-likeness (QED) is 0.337. The first-order chi connectivity index (χ1) is 6.31. The molecule has 0 fully saturated rings. The van der Waals surface area contributed by atoms with Crippen molar-refractivity contribution in [3.63, 3.8) is 0 Å². The second-order valence-corrected chi connectivity index (χ2v) is 3.02. The van der Waals surface area contributed by atoms with Crippen LogP contribution < -0.4 is 5.90 Å². The van der Waals surface area contributed by atoms with Gasteiger partial charge in [-0.2, -0.15) is 0 Å². The lowest BCUT2D eigenvalue weighted by atomic mass is 10.2. The van der Waals surface area contributed by atoms with Crippen molar-refractivity contribution in [3.05, 3.63) is 0 Å². The zero-order valence-electron chi connectivity index (χ0n) is 8.28. The first kappa shape index (κ1) is 12.6. The summed E-state index contributed by atoms with van der Waals surface area (Å²) in [6.45, 7) is 3.06. The standard InChI is InChI=1S/C9H20N2O2/c1-2-3-4-5-6-11-7-9(12)8-13-10/h7,9,12H,2-6,8,10H2,1H3. The highest BCUT2D eigenvalue weighted by atomic mass is 16.6. The first-order valence-electron chi connectivity index (χ1n) is 4.81. The van der Waals surface area contributed by atoms with Crippen molar-refractivity contribution < 1.29 is 9.94 Å². The van der Waals surface area contributed by atoms with Gasteiger partial charge in [0.1, 0.15) is 6.10 Å². The van der Waals surface area contributed by atoms with Crippen molar-refractivity contribution >= 4 is 6.21 Å². The van der Waals surface area contributed by atoms with Crippen LogP contribution in [-0.4, -0.2) is 30.6 Å². The maximum atomic E-state index is 9.10. The first-order valence-corrected chi connectivity index (χ1v) is 4.81. The van der Waals surface area contributed by atoms with E-state index in [4.69, 9.17) is 11.0 Å². The van der Waals surface area contributed by atoms with Crippen LogP contribution in [0.4, 0.5) is 0 Å². The predicted octanol–water partition coefficient (Wildman–Crippen LogP) is 0.889. The van der Waals surface area contributed by atoms with Crippen LogP contribution in [0.3, 0.4) is 0 Å². The molecule has 0 saturated carbocycles. The van der Waals surface area contributed by atoms with E-state index in [1.54, 1.807) is 0 Å². The van der Waals surface area contributed by atoms with Crippen molar-refractivity contribution in [2.75, 3.05) is 13.2 Å². The summed E-state index contributed by atoms with van der Waals surface area (Å²) in [4.78, 5) is 8.31. The van der Waals surface area contributed by atoms with Gasteiger partial charge in [0.25, 0.3) is 0 Å². The Bertz CT molecular complexity index is 129. The van der Waals surface area contributed by atoms with Gasteiger partial charge < -0.3 is 9.94 Å². The van der Waals surface area contributed by atoms with Crippen LogP contribution in [0.2, 0.25) is 0 Å². The number of hydrogen-bond acceptors (Lipinski definition) is 4. The fourth-order valence-electron chi connectivity index (χ4n) is 0.968. The van der Waals surface area contributed by atoms with E-state index in [0.29, 0.717) is 0 Å². The fourth-order valence-corrected chi connectivity index (χ4v) is 0.968. The minimum Gasteiger partial charge on any atom is -0.385 e. The maximum absolute atomic E-state index is 9.10. The van der Waals surface area contributed by atoms with E-state index >= 15 is 0 Å². The molecule has 1 unspecified atom stereocenters. The second-order valence-electron chi connectivity index (χ2n) is 3.02. The van der Waals surface area contributed by atoms with Crippen LogP contribution in [0.5, 0.6) is 0 Å². The number of rotatable bonds is 8. The number of aliphatic imine (C=N–C) groups is 1. The summed E-state index contributed by atoms with van der Waals surface area (Å²) in [7, 11) is 0. The molecule has 13 heavy (non-hydrogen) atoms. The van der Waals surface area contributed by atoms with E-state index in [0.717, 1.165) is 13.0 Å². The Labute approximate surface area is 79.8 Å². The molecule has 0 bridgehead atoms. The molecule has 0 aliphatic heterocycles. The van der Waals surface area contributed by atoms with Gasteiger partial charge in [-0.05, 0) is 6.42 Å². The molecule has 0 spiro atoms. The van der Waals surface area contributed by atoms with Crippen molar-refractivity contribution in [2.24, 2.45) is 10.9 Å². The van der Waals surface area contributed by atoms with Crippen LogP contribution in [0.25, 0.3) is 0 Å². The molecule has 4 nitrogen and oxygen atoms in total. The molecule has 78 valence electrons. The summed E-state index contributed by atoms with van der Waals surface area (Å²) in [5.74, 6) is 4.78. The van der Waals surface area contributed by atoms with E-state index in [1.807, 2.05) is 0 Å². The SMILES string of the molecule is CCCCCCN=CC(O)CON. The van der Waals surface area contributed by atoms with Gasteiger partial charge in [-0.25, -0.2) is 5.90 Å². The third-order valence-corrected chi connectivity index (χ3v) is 1.69. The molecule has 4 heteroatoms. The molecular formula is C9H20N2O2. The average molecular weight is 188 g/mol. The summed E-state index contributed by atoms with van der Waals surface area (Å²) in [5.41, 5.74) is 0. The number of unbranched alkanes of at least 4 members (excludes halogenated alkanes) is 3. The van der Waals surface area contributed by atoms with Crippen LogP contribution in [0, 0.1) is 0 Å². The van der Waals surface area contributed by atoms with Crippen molar-refractivity contribution in [2.45, 2.75) is 38.7 Å². The highest BCUT2D eigenvalue weighted by Gasteiger charge is 1.96. The molecule has 0 aromatic carbocycles. The second kappa shape index (κ2) is 9.64. The Morgan fingerprint density at radius 1 is 1.46 bits per heavy atom. The lowest BCUT2D eigenvalue weighted by Gasteiger charge is -2.01. The third-order valence-electron chi connectivity index (χ3n) is 1.69. The highest BCUT2D eigenvalue weighted by molar-refractivity contribution is 5.62. The van der Waals surface area contributed by atoms with Gasteiger partial charge in [0.15, 0.2) is 0 Å². The van der Waals surface area contributed by atoms with Crippen LogP contribution >= 0.6 is 0 Å². The van der Waals surface area contributed by atoms with Gasteiger partial charge in [0.2, 0.25) is 0 Å². The lowest BCUT2D eigenvalue weighted by Crippen LogP contribution is -2.19. The molecule has 1 atom stereocenters. The summed E-state index contributed by atoms with van der Waals surface area (Å²) in [6, 6.07) is 0. The summed E-state index contributed by atoms with van der Waals surface area (Å²) in [6.07, 6.45) is 5.59. The Balaban J connectivity index is 3.20. The number of aliphatic hydroxyl groups excluding tert-OH is 1. The van der Waals surface area contributed by atoms with E-state index in [2.05, 4.69) is 16.8 Å². The Morgan fingerprint density at radius 3 is 2.85 bits per heavy atom. The molecule has 0 rings (SSSR count). The fraction of sp³-hybridized carbons (Fsp3) is 0.889. The number of nitrogens with zero attached hydrogens (tertiary/aromatic N) is 1. The predicted molar refractivity (Wildman–Crippen MR) is 53.6 cm³/mol. The van der Waals surface area contributed by atoms with Gasteiger partial charge in [0, 0.05) is 12.8 Å². The monoisotopic (exact) mass is 188 g/mol. The molecule has 0 aromatic heterocycles. The molecule has 0 radical (unpaired) electrons. The average Bonchev–Trinajstić information content (AvgIpc) is 2.11. The van der Waals surface area contributed by atoms with Gasteiger partial charge >= 0.3 is 0 Å². The van der Waals surface area contributed by atoms with Crippen molar-refractivity contribution in [1.82, 2.24) is 0 Å². The van der Waals surface area contributed by atoms with Gasteiger partial charge in [0.05, 0.1) is 6.61 Å². The molecule has 0 aliphatic carbocycles. The summed E-state index contributed by atoms with van der Waals surface area (Å²) in [5, 5.41) is 9.10. The van der Waals surface area contributed by atoms with Crippen LogP contribution in [-0.2, 0) is 4.84 Å². The number of hydrogen-bond donors (Lipinski definition) is 2. The van der Waals surface area contributed by atoms with Gasteiger partial charge in [-0.15, -0.1) is 0 Å². The van der Waals surface area contributed by atoms with Crippen LogP contribution in [0.1, 0.15) is 32.6 Å². The maximum Gasteiger partial charge on any atom is 0.114 e. The molecule has 0 heterocycles. The zero-order chi connectivity index (χ0) is 9.94. The number of nitrogens with two attached hydrogens (primary N) is 1. The molecule has 3 N–H and O–H groups in total. The highest BCUT2D eigenvalue weighted by Crippen LogP contribution is 1.98. The molecular weight excluding hydrogens is 168 g/mol. The summed E-state index contributed by atoms with van der Waals surface area (Å²) >= 11 is 0. The molecule has 0 aromatic rings.